The Morgan fingerprint density at radius 2 is 1.62 bits per heavy atom. The first-order chi connectivity index (χ1) is 23.1. The fourth-order valence-corrected chi connectivity index (χ4v) is 8.03. The maximum Gasteiger partial charge on any atom is 0.323 e. The molecule has 1 aliphatic carbocycles. The highest BCUT2D eigenvalue weighted by Crippen LogP contribution is 2.37. The molecule has 2 aliphatic rings. The van der Waals surface area contributed by atoms with E-state index in [0.29, 0.717) is 17.7 Å². The number of imidazole rings is 1. The van der Waals surface area contributed by atoms with Crippen LogP contribution in [0.2, 0.25) is 0 Å². The van der Waals surface area contributed by atoms with Crippen LogP contribution in [0.25, 0.3) is 39.5 Å². The van der Waals surface area contributed by atoms with Crippen LogP contribution in [0.3, 0.4) is 0 Å². The molecule has 5 heterocycles. The van der Waals surface area contributed by atoms with E-state index >= 15 is 0 Å². The summed E-state index contributed by atoms with van der Waals surface area (Å²) in [6.07, 6.45) is 8.71. The van der Waals surface area contributed by atoms with Crippen molar-refractivity contribution >= 4 is 28.5 Å². The molecule has 0 amide bonds. The number of piperidine rings is 1. The monoisotopic (exact) mass is 642 g/mol. The number of rotatable bonds is 7. The number of hydrogen-bond acceptors (Lipinski definition) is 8. The maximum atomic E-state index is 11.5. The van der Waals surface area contributed by atoms with E-state index in [1.54, 1.807) is 6.20 Å². The second-order valence-electron chi connectivity index (χ2n) is 13.0. The predicted molar refractivity (Wildman–Crippen MR) is 188 cm³/mol. The number of H-pyrrole nitrogens is 1. The smallest absolute Gasteiger partial charge is 0.323 e. The van der Waals surface area contributed by atoms with Crippen LogP contribution in [-0.2, 0) is 0 Å². The third-order valence-electron chi connectivity index (χ3n) is 10.1. The zero-order valence-corrected chi connectivity index (χ0v) is 27.1. The van der Waals surface area contributed by atoms with Gasteiger partial charge in [0.2, 0.25) is 0 Å². The molecule has 2 fully saturated rings. The third-order valence-corrected chi connectivity index (χ3v) is 10.6. The normalized spacial score (nSPS) is 19.3. The van der Waals surface area contributed by atoms with Crippen LogP contribution in [-0.4, -0.2) is 53.4 Å². The molecule has 0 atom stereocenters. The molecule has 8 rings (SSSR count). The number of hydrogen-bond donors (Lipinski definition) is 2. The van der Waals surface area contributed by atoms with E-state index in [4.69, 9.17) is 15.7 Å². The maximum absolute atomic E-state index is 11.5. The van der Waals surface area contributed by atoms with E-state index in [1.165, 1.54) is 37.8 Å². The van der Waals surface area contributed by atoms with Gasteiger partial charge in [0.15, 0.2) is 11.5 Å². The van der Waals surface area contributed by atoms with Crippen LogP contribution in [0, 0.1) is 5.92 Å². The molecule has 238 valence electrons. The summed E-state index contributed by atoms with van der Waals surface area (Å²) in [5.74, 6) is 3.78. The molecule has 10 heteroatoms. The number of nitrogen functional groups attached to an aromatic ring is 1. The molecular weight excluding hydrogens is 605 g/mol. The number of fused-ring (bicyclic) bond motifs is 1. The molecule has 47 heavy (non-hydrogen) atoms. The van der Waals surface area contributed by atoms with E-state index in [-0.39, 0.29) is 4.87 Å². The van der Waals surface area contributed by atoms with Gasteiger partial charge in [0.25, 0.3) is 0 Å². The fraction of sp³-hybridized carbons (Fsp3) is 0.324. The summed E-state index contributed by atoms with van der Waals surface area (Å²) >= 11 is 1.04. The number of pyridine rings is 2. The molecule has 1 saturated heterocycles. The Kier molecular flexibility index (Phi) is 8.12. The summed E-state index contributed by atoms with van der Waals surface area (Å²) in [4.78, 5) is 31.5. The fourth-order valence-electron chi connectivity index (χ4n) is 7.50. The minimum Gasteiger partial charge on any atom is -0.383 e. The standard InChI is InChI=1S/C37H38N8OS/c38-33-30(7-4-20-39-33)35-41-32-17-16-31(27-5-2-1-3-6-27)40-36(32)45(35)29-14-12-25(13-15-29)26-18-21-44(22-19-26)23-24-8-10-28(11-9-24)34-42-37(46)47-43-34/h1-7,12-17,20,24,26,28H,8-11,18-19,21-23H2,(H2,38,39)(H,42,43,46). The summed E-state index contributed by atoms with van der Waals surface area (Å²) in [6, 6.07) is 27.1. The van der Waals surface area contributed by atoms with Crippen LogP contribution in [0.1, 0.15) is 61.7 Å². The molecule has 1 saturated carbocycles. The molecule has 3 N–H and O–H groups in total. The minimum absolute atomic E-state index is 0.0380. The summed E-state index contributed by atoms with van der Waals surface area (Å²) in [5.41, 5.74) is 13.1. The summed E-state index contributed by atoms with van der Waals surface area (Å²) in [7, 11) is 0. The average Bonchev–Trinajstić information content (AvgIpc) is 3.73. The number of benzene rings is 2. The molecule has 0 bridgehead atoms. The Morgan fingerprint density at radius 1 is 0.830 bits per heavy atom. The Bertz CT molecular complexity index is 2030. The van der Waals surface area contributed by atoms with E-state index in [9.17, 15) is 4.79 Å². The topological polar surface area (TPSA) is 119 Å². The molecule has 0 spiro atoms. The van der Waals surface area contributed by atoms with Crippen molar-refractivity contribution in [2.24, 2.45) is 5.92 Å². The largest absolute Gasteiger partial charge is 0.383 e. The van der Waals surface area contributed by atoms with Crippen molar-refractivity contribution in [3.63, 3.8) is 0 Å². The minimum atomic E-state index is -0.0380. The molecule has 9 nitrogen and oxygen atoms in total. The van der Waals surface area contributed by atoms with E-state index in [1.807, 2.05) is 42.5 Å². The summed E-state index contributed by atoms with van der Waals surface area (Å²) in [5, 5.41) is 0. The highest BCUT2D eigenvalue weighted by atomic mass is 32.1. The zero-order valence-electron chi connectivity index (χ0n) is 26.3. The highest BCUT2D eigenvalue weighted by Gasteiger charge is 2.28. The third kappa shape index (κ3) is 6.11. The van der Waals surface area contributed by atoms with Gasteiger partial charge in [0.1, 0.15) is 17.2 Å². The molecule has 2 aromatic carbocycles. The van der Waals surface area contributed by atoms with Gasteiger partial charge in [-0.1, -0.05) is 42.5 Å². The second kappa shape index (κ2) is 12.8. The lowest BCUT2D eigenvalue weighted by Crippen LogP contribution is -2.37. The van der Waals surface area contributed by atoms with Gasteiger partial charge >= 0.3 is 4.87 Å². The lowest BCUT2D eigenvalue weighted by atomic mass is 9.81. The van der Waals surface area contributed by atoms with Gasteiger partial charge < -0.3 is 10.6 Å². The number of nitrogens with one attached hydrogen (secondary N) is 1. The number of likely N-dealkylation sites (tertiary alicyclic amines) is 1. The number of aromatic amines is 1. The van der Waals surface area contributed by atoms with Gasteiger partial charge in [-0.15, -0.1) is 0 Å². The first-order valence-electron chi connectivity index (χ1n) is 16.6. The second-order valence-corrected chi connectivity index (χ2v) is 13.7. The SMILES string of the molecule is Nc1ncccc1-c1nc2ccc(-c3ccccc3)nc2n1-c1ccc(C2CCN(CC3CCC(c4nsc(=O)[nH]4)CC3)CC2)cc1. The molecule has 4 aromatic heterocycles. The molecule has 0 radical (unpaired) electrons. The van der Waals surface area contributed by atoms with Crippen molar-refractivity contribution in [1.82, 2.24) is 33.8 Å². The van der Waals surface area contributed by atoms with Crippen LogP contribution in [0.15, 0.2) is 89.9 Å². The number of nitrogens with zero attached hydrogens (tertiary/aromatic N) is 6. The number of aromatic nitrogens is 6. The van der Waals surface area contributed by atoms with Crippen LogP contribution in [0.5, 0.6) is 0 Å². The van der Waals surface area contributed by atoms with Crippen molar-refractivity contribution in [3.05, 3.63) is 106 Å². The summed E-state index contributed by atoms with van der Waals surface area (Å²) < 4.78 is 6.45. The van der Waals surface area contributed by atoms with Crippen LogP contribution < -0.4 is 10.6 Å². The molecule has 6 aromatic rings. The van der Waals surface area contributed by atoms with Crippen LogP contribution >= 0.6 is 11.5 Å². The number of nitrogens with two attached hydrogens (primary N) is 1. The van der Waals surface area contributed by atoms with Crippen molar-refractivity contribution in [1.29, 1.82) is 0 Å². The quantitative estimate of drug-likeness (QED) is 0.192. The predicted octanol–water partition coefficient (Wildman–Crippen LogP) is 7.03. The van der Waals surface area contributed by atoms with E-state index in [0.717, 1.165) is 88.7 Å². The van der Waals surface area contributed by atoms with Gasteiger partial charge in [-0.05, 0) is 105 Å². The first-order valence-corrected chi connectivity index (χ1v) is 17.4. The van der Waals surface area contributed by atoms with Crippen molar-refractivity contribution in [3.8, 4) is 28.3 Å². The lowest BCUT2D eigenvalue weighted by molar-refractivity contribution is 0.159. The lowest BCUT2D eigenvalue weighted by Gasteiger charge is -2.36. The van der Waals surface area contributed by atoms with Gasteiger partial charge in [-0.25, -0.2) is 15.0 Å². The Labute approximate surface area is 277 Å². The summed E-state index contributed by atoms with van der Waals surface area (Å²) in [6.45, 7) is 3.45. The highest BCUT2D eigenvalue weighted by molar-refractivity contribution is 7.02. The van der Waals surface area contributed by atoms with E-state index < -0.39 is 0 Å². The van der Waals surface area contributed by atoms with E-state index in [2.05, 4.69) is 60.2 Å². The molecule has 1 aliphatic heterocycles. The number of anilines is 1. The Morgan fingerprint density at radius 3 is 2.34 bits per heavy atom. The van der Waals surface area contributed by atoms with Crippen LogP contribution in [0.4, 0.5) is 5.82 Å². The first kappa shape index (κ1) is 29.7. The van der Waals surface area contributed by atoms with Crippen molar-refractivity contribution in [2.45, 2.75) is 50.4 Å². The van der Waals surface area contributed by atoms with Gasteiger partial charge in [-0.2, -0.15) is 4.37 Å². The van der Waals surface area contributed by atoms with Gasteiger partial charge in [0, 0.05) is 41.4 Å². The van der Waals surface area contributed by atoms with Crippen molar-refractivity contribution < 1.29 is 0 Å². The molecule has 0 unspecified atom stereocenters. The van der Waals surface area contributed by atoms with Gasteiger partial charge in [-0.3, -0.25) is 14.3 Å². The average molecular weight is 643 g/mol. The zero-order chi connectivity index (χ0) is 31.7. The molecular formula is C37H38N8OS. The Balaban J connectivity index is 0.984. The van der Waals surface area contributed by atoms with Crippen molar-refractivity contribution in [2.75, 3.05) is 25.4 Å². The Hall–Kier alpha value is -4.67. The van der Waals surface area contributed by atoms with Gasteiger partial charge in [0.05, 0.1) is 11.3 Å².